The molecule has 3 heterocycles. The van der Waals surface area contributed by atoms with Crippen LogP contribution in [0, 0.1) is 11.8 Å². The molecule has 208 valence electrons. The number of amides is 1. The van der Waals surface area contributed by atoms with E-state index in [9.17, 15) is 4.79 Å². The third-order valence-corrected chi connectivity index (χ3v) is 11.4. The number of hydrogen-bond acceptors (Lipinski definition) is 3. The first kappa shape index (κ1) is 26.7. The van der Waals surface area contributed by atoms with E-state index in [4.69, 9.17) is 4.99 Å². The standard InChI is InChI=1S/C37H34N3OP/c1-2-28-25-23-33(28)39-34(24-25)36(30-21-22-38-32-19-11-9-17-29(30)32)40-37(41)31-18-10-12-20-35(31)42(26-13-5-3-6-14-26)27-15-7-4-8-16-27/h3-22,25,28,34,36H,2,23-24H2,1H3,(H,40,41)/t25-,28+,34-,36+/m0/s1. The van der Waals surface area contributed by atoms with E-state index in [0.717, 1.165) is 46.6 Å². The van der Waals surface area contributed by atoms with Crippen molar-refractivity contribution in [2.45, 2.75) is 38.3 Å². The maximum Gasteiger partial charge on any atom is 0.252 e. The Morgan fingerprint density at radius 2 is 1.52 bits per heavy atom. The first-order valence-electron chi connectivity index (χ1n) is 14.9. The Morgan fingerprint density at radius 1 is 0.857 bits per heavy atom. The van der Waals surface area contributed by atoms with Crippen LogP contribution in [0.25, 0.3) is 10.9 Å². The molecule has 42 heavy (non-hydrogen) atoms. The first-order chi connectivity index (χ1) is 20.7. The number of benzene rings is 4. The average molecular weight is 568 g/mol. The molecule has 1 aliphatic carbocycles. The molecule has 4 atom stereocenters. The topological polar surface area (TPSA) is 54.4 Å². The molecular formula is C37H34N3OP. The third-order valence-electron chi connectivity index (χ3n) is 8.89. The molecular weight excluding hydrogens is 533 g/mol. The second-order valence-electron chi connectivity index (χ2n) is 11.3. The van der Waals surface area contributed by atoms with Gasteiger partial charge in [0.05, 0.1) is 17.6 Å². The number of para-hydroxylation sites is 1. The van der Waals surface area contributed by atoms with Crippen molar-refractivity contribution in [1.82, 2.24) is 10.3 Å². The molecule has 2 aliphatic heterocycles. The highest BCUT2D eigenvalue weighted by Gasteiger charge is 2.44. The van der Waals surface area contributed by atoms with Crippen LogP contribution in [0.15, 0.2) is 126 Å². The number of aromatic nitrogens is 1. The van der Waals surface area contributed by atoms with E-state index in [2.05, 4.69) is 84.0 Å². The predicted octanol–water partition coefficient (Wildman–Crippen LogP) is 6.72. The van der Waals surface area contributed by atoms with E-state index in [0.29, 0.717) is 11.8 Å². The van der Waals surface area contributed by atoms with Crippen molar-refractivity contribution in [3.8, 4) is 0 Å². The van der Waals surface area contributed by atoms with Crippen LogP contribution >= 0.6 is 7.92 Å². The number of nitrogens with one attached hydrogen (secondary N) is 1. The largest absolute Gasteiger partial charge is 0.343 e. The molecule has 0 unspecified atom stereocenters. The van der Waals surface area contributed by atoms with Crippen molar-refractivity contribution in [3.05, 3.63) is 133 Å². The van der Waals surface area contributed by atoms with E-state index in [1.54, 1.807) is 0 Å². The molecule has 1 saturated carbocycles. The molecule has 5 aromatic rings. The molecule has 8 rings (SSSR count). The van der Waals surface area contributed by atoms with E-state index < -0.39 is 7.92 Å². The van der Waals surface area contributed by atoms with E-state index in [1.807, 2.05) is 54.7 Å². The van der Waals surface area contributed by atoms with Gasteiger partial charge in [0.2, 0.25) is 0 Å². The van der Waals surface area contributed by atoms with E-state index in [1.165, 1.54) is 16.3 Å². The fourth-order valence-electron chi connectivity index (χ4n) is 6.86. The molecule has 1 amide bonds. The second-order valence-corrected chi connectivity index (χ2v) is 13.5. The molecule has 0 spiro atoms. The Morgan fingerprint density at radius 3 is 2.21 bits per heavy atom. The average Bonchev–Trinajstić information content (AvgIpc) is 3.05. The SMILES string of the molecule is CC[C@H]1C2=N[C@H]([C@H](NC(=O)c3ccccc3P(c3ccccc3)c3ccccc3)c3ccnc4ccccc34)C[C@@H]1C2. The summed E-state index contributed by atoms with van der Waals surface area (Å²) in [6.07, 6.45) is 5.10. The van der Waals surface area contributed by atoms with Crippen LogP contribution in [0.5, 0.6) is 0 Å². The normalized spacial score (nSPS) is 20.0. The molecule has 0 radical (unpaired) electrons. The van der Waals surface area contributed by atoms with Crippen LogP contribution < -0.4 is 21.2 Å². The first-order valence-corrected chi connectivity index (χ1v) is 16.3. The van der Waals surface area contributed by atoms with Gasteiger partial charge in [-0.1, -0.05) is 104 Å². The van der Waals surface area contributed by atoms with Crippen molar-refractivity contribution >= 4 is 46.4 Å². The lowest BCUT2D eigenvalue weighted by atomic mass is 9.64. The number of fused-ring (bicyclic) bond motifs is 3. The highest BCUT2D eigenvalue weighted by molar-refractivity contribution is 7.80. The summed E-state index contributed by atoms with van der Waals surface area (Å²) in [6.45, 7) is 2.26. The van der Waals surface area contributed by atoms with Crippen LogP contribution in [-0.2, 0) is 0 Å². The Balaban J connectivity index is 1.30. The van der Waals surface area contributed by atoms with Crippen LogP contribution in [0.1, 0.15) is 48.1 Å². The van der Waals surface area contributed by atoms with Gasteiger partial charge in [-0.25, -0.2) is 0 Å². The van der Waals surface area contributed by atoms with Crippen molar-refractivity contribution in [1.29, 1.82) is 0 Å². The molecule has 4 aromatic carbocycles. The number of carbonyl (C=O) groups excluding carboxylic acids is 1. The van der Waals surface area contributed by atoms with E-state index in [-0.39, 0.29) is 18.0 Å². The minimum Gasteiger partial charge on any atom is -0.343 e. The smallest absolute Gasteiger partial charge is 0.252 e. The maximum absolute atomic E-state index is 14.4. The lowest BCUT2D eigenvalue weighted by Gasteiger charge is -2.46. The molecule has 1 fully saturated rings. The molecule has 0 saturated heterocycles. The van der Waals surface area contributed by atoms with Crippen LogP contribution in [0.4, 0.5) is 0 Å². The maximum atomic E-state index is 14.4. The number of hydrogen-bond donors (Lipinski definition) is 1. The van der Waals surface area contributed by atoms with Crippen molar-refractivity contribution in [2.24, 2.45) is 16.8 Å². The second kappa shape index (κ2) is 11.6. The Labute approximate surface area is 248 Å². The van der Waals surface area contributed by atoms with Crippen molar-refractivity contribution < 1.29 is 4.79 Å². The molecule has 5 heteroatoms. The predicted molar refractivity (Wildman–Crippen MR) is 175 cm³/mol. The van der Waals surface area contributed by atoms with Crippen LogP contribution in [0.2, 0.25) is 0 Å². The highest BCUT2D eigenvalue weighted by atomic mass is 31.1. The Kier molecular flexibility index (Phi) is 7.40. The quantitative estimate of drug-likeness (QED) is 0.212. The van der Waals surface area contributed by atoms with Gasteiger partial charge in [-0.05, 0) is 78.7 Å². The van der Waals surface area contributed by atoms with Gasteiger partial charge in [0.1, 0.15) is 0 Å². The Hall–Kier alpha value is -4.14. The van der Waals surface area contributed by atoms with Gasteiger partial charge >= 0.3 is 0 Å². The number of aliphatic imine (C=N–C) groups is 1. The fraction of sp³-hybridized carbons (Fsp3) is 0.216. The van der Waals surface area contributed by atoms with Crippen molar-refractivity contribution in [3.63, 3.8) is 0 Å². The minimum atomic E-state index is -0.928. The number of nitrogens with zero attached hydrogens (tertiary/aromatic N) is 2. The molecule has 1 N–H and O–H groups in total. The van der Waals surface area contributed by atoms with E-state index >= 15 is 0 Å². The zero-order chi connectivity index (χ0) is 28.5. The van der Waals surface area contributed by atoms with Gasteiger partial charge in [-0.15, -0.1) is 0 Å². The molecule has 3 aliphatic rings. The monoisotopic (exact) mass is 567 g/mol. The fourth-order valence-corrected chi connectivity index (χ4v) is 9.30. The third kappa shape index (κ3) is 4.95. The van der Waals surface area contributed by atoms with Gasteiger partial charge < -0.3 is 5.32 Å². The van der Waals surface area contributed by atoms with Crippen LogP contribution in [-0.4, -0.2) is 22.6 Å². The summed E-state index contributed by atoms with van der Waals surface area (Å²) in [6, 6.07) is 39.3. The summed E-state index contributed by atoms with van der Waals surface area (Å²) >= 11 is 0. The number of pyridine rings is 1. The lowest BCUT2D eigenvalue weighted by Crippen LogP contribution is -2.48. The van der Waals surface area contributed by atoms with Gasteiger partial charge in [-0.3, -0.25) is 14.8 Å². The number of carbonyl (C=O) groups is 1. The van der Waals surface area contributed by atoms with Gasteiger partial charge in [0.15, 0.2) is 0 Å². The highest BCUT2D eigenvalue weighted by Crippen LogP contribution is 2.45. The summed E-state index contributed by atoms with van der Waals surface area (Å²) < 4.78 is 0. The zero-order valence-corrected chi connectivity index (χ0v) is 24.6. The minimum absolute atomic E-state index is 0.00762. The molecule has 4 nitrogen and oxygen atoms in total. The zero-order valence-electron chi connectivity index (χ0n) is 23.7. The summed E-state index contributed by atoms with van der Waals surface area (Å²) in [5, 5.41) is 8.09. The lowest BCUT2D eigenvalue weighted by molar-refractivity contribution is 0.0924. The summed E-state index contributed by atoms with van der Waals surface area (Å²) in [5.41, 5.74) is 4.07. The number of rotatable bonds is 8. The van der Waals surface area contributed by atoms with Crippen molar-refractivity contribution in [2.75, 3.05) is 0 Å². The van der Waals surface area contributed by atoms with Gasteiger partial charge in [0.25, 0.3) is 5.91 Å². The van der Waals surface area contributed by atoms with Gasteiger partial charge in [-0.2, -0.15) is 0 Å². The van der Waals surface area contributed by atoms with Gasteiger partial charge in [0, 0.05) is 22.9 Å². The Bertz CT molecular complexity index is 1710. The summed E-state index contributed by atoms with van der Waals surface area (Å²) in [4.78, 5) is 24.3. The van der Waals surface area contributed by atoms with Crippen LogP contribution in [0.3, 0.4) is 0 Å². The summed E-state index contributed by atoms with van der Waals surface area (Å²) in [7, 11) is -0.928. The summed E-state index contributed by atoms with van der Waals surface area (Å²) in [5.74, 6) is 1.20. The molecule has 2 bridgehead atoms. The molecule has 1 aromatic heterocycles.